The number of nitrogens with one attached hydrogen (secondary N) is 1. The van der Waals surface area contributed by atoms with Crippen molar-refractivity contribution >= 4 is 38.7 Å². The lowest BCUT2D eigenvalue weighted by Crippen LogP contribution is -2.07. The van der Waals surface area contributed by atoms with Gasteiger partial charge < -0.3 is 9.47 Å². The van der Waals surface area contributed by atoms with Crippen LogP contribution in [-0.4, -0.2) is 24.1 Å². The number of hydrogen-bond donors (Lipinski definition) is 1. The van der Waals surface area contributed by atoms with Gasteiger partial charge in [0.1, 0.15) is 0 Å². The second-order valence-corrected chi connectivity index (χ2v) is 8.14. The van der Waals surface area contributed by atoms with E-state index in [2.05, 4.69) is 36.3 Å². The molecule has 158 valence electrons. The first-order chi connectivity index (χ1) is 14.5. The van der Waals surface area contributed by atoms with Gasteiger partial charge in [-0.15, -0.1) is 0 Å². The predicted octanol–water partition coefficient (Wildman–Crippen LogP) is 6.14. The van der Waals surface area contributed by atoms with E-state index >= 15 is 0 Å². The minimum Gasteiger partial charge on any atom is -0.490 e. The third-order valence-corrected chi connectivity index (χ3v) is 5.43. The Morgan fingerprint density at radius 2 is 1.97 bits per heavy atom. The van der Waals surface area contributed by atoms with Gasteiger partial charge in [0.15, 0.2) is 16.6 Å². The molecule has 0 fully saturated rings. The lowest BCUT2D eigenvalue weighted by Gasteiger charge is -2.12. The number of hydrogen-bond acceptors (Lipinski definition) is 5. The van der Waals surface area contributed by atoms with Crippen LogP contribution in [0, 0.1) is 13.8 Å². The number of anilines is 1. The topological polar surface area (TPSA) is 60.5 Å². The van der Waals surface area contributed by atoms with Crippen LogP contribution in [-0.2, 0) is 4.79 Å². The monoisotopic (exact) mass is 424 g/mol. The van der Waals surface area contributed by atoms with Crippen LogP contribution in [0.25, 0.3) is 16.3 Å². The van der Waals surface area contributed by atoms with Crippen LogP contribution in [0.2, 0.25) is 0 Å². The molecule has 0 unspecified atom stereocenters. The van der Waals surface area contributed by atoms with E-state index in [0.717, 1.165) is 39.9 Å². The molecule has 3 aromatic rings. The van der Waals surface area contributed by atoms with Gasteiger partial charge in [-0.3, -0.25) is 10.1 Å². The van der Waals surface area contributed by atoms with Crippen LogP contribution < -0.4 is 14.8 Å². The molecule has 1 amide bonds. The zero-order valence-electron chi connectivity index (χ0n) is 18.0. The van der Waals surface area contributed by atoms with E-state index in [1.807, 2.05) is 32.0 Å². The van der Waals surface area contributed by atoms with Crippen molar-refractivity contribution in [3.05, 3.63) is 53.1 Å². The molecule has 1 N–H and O–H groups in total. The second kappa shape index (κ2) is 10.3. The lowest BCUT2D eigenvalue weighted by atomic mass is 10.1. The van der Waals surface area contributed by atoms with Gasteiger partial charge in [-0.25, -0.2) is 4.98 Å². The van der Waals surface area contributed by atoms with Crippen LogP contribution >= 0.6 is 11.3 Å². The molecule has 0 spiro atoms. The predicted molar refractivity (Wildman–Crippen MR) is 125 cm³/mol. The van der Waals surface area contributed by atoms with Gasteiger partial charge in [-0.2, -0.15) is 0 Å². The number of unbranched alkanes of at least 4 members (excludes halogenated alkanes) is 1. The maximum absolute atomic E-state index is 12.4. The van der Waals surface area contributed by atoms with E-state index in [4.69, 9.17) is 9.47 Å². The van der Waals surface area contributed by atoms with E-state index < -0.39 is 0 Å². The summed E-state index contributed by atoms with van der Waals surface area (Å²) >= 11 is 1.48. The highest BCUT2D eigenvalue weighted by Gasteiger charge is 2.09. The molecule has 0 bridgehead atoms. The molecule has 1 heterocycles. The number of rotatable bonds is 9. The highest BCUT2D eigenvalue weighted by Crippen LogP contribution is 2.30. The van der Waals surface area contributed by atoms with Crippen LogP contribution in [0.15, 0.2) is 36.4 Å². The molecule has 5 nitrogen and oxygen atoms in total. The van der Waals surface area contributed by atoms with Crippen LogP contribution in [0.4, 0.5) is 5.13 Å². The number of nitrogens with zero attached hydrogens (tertiary/aromatic N) is 1. The first kappa shape index (κ1) is 21.8. The average molecular weight is 425 g/mol. The highest BCUT2D eigenvalue weighted by molar-refractivity contribution is 7.22. The standard InChI is InChI=1S/C24H28N2O3S/c1-5-7-12-29-19-10-8-18(15-20(19)28-6-2)9-11-22(27)25-24-26-23-17(4)13-16(3)14-21(23)30-24/h8-11,13-15H,5-7,12H2,1-4H3,(H,25,26,27)/b11-9+. The first-order valence-corrected chi connectivity index (χ1v) is 11.1. The van der Waals surface area contributed by atoms with E-state index in [0.29, 0.717) is 24.1 Å². The highest BCUT2D eigenvalue weighted by atomic mass is 32.1. The molecule has 0 aliphatic carbocycles. The maximum Gasteiger partial charge on any atom is 0.250 e. The van der Waals surface area contributed by atoms with E-state index in [9.17, 15) is 4.79 Å². The average Bonchev–Trinajstić information content (AvgIpc) is 3.10. The molecular weight excluding hydrogens is 396 g/mol. The van der Waals surface area contributed by atoms with Gasteiger partial charge >= 0.3 is 0 Å². The van der Waals surface area contributed by atoms with Gasteiger partial charge in [-0.1, -0.05) is 36.8 Å². The van der Waals surface area contributed by atoms with Gasteiger partial charge in [0.2, 0.25) is 5.91 Å². The molecule has 0 saturated carbocycles. The molecular formula is C24H28N2O3S. The Hall–Kier alpha value is -2.86. The van der Waals surface area contributed by atoms with Crippen LogP contribution in [0.5, 0.6) is 11.5 Å². The number of ether oxygens (including phenoxy) is 2. The fourth-order valence-corrected chi connectivity index (χ4v) is 4.13. The third kappa shape index (κ3) is 5.60. The number of benzene rings is 2. The van der Waals surface area contributed by atoms with E-state index in [-0.39, 0.29) is 5.91 Å². The zero-order chi connectivity index (χ0) is 21.5. The first-order valence-electron chi connectivity index (χ1n) is 10.3. The summed E-state index contributed by atoms with van der Waals surface area (Å²) in [4.78, 5) is 16.9. The number of aromatic nitrogens is 1. The molecule has 0 radical (unpaired) electrons. The van der Waals surface area contributed by atoms with Gasteiger partial charge in [0.25, 0.3) is 0 Å². The molecule has 6 heteroatoms. The normalized spacial score (nSPS) is 11.2. The second-order valence-electron chi connectivity index (χ2n) is 7.11. The van der Waals surface area contributed by atoms with Crippen molar-refractivity contribution in [1.29, 1.82) is 0 Å². The number of amides is 1. The van der Waals surface area contributed by atoms with Crippen molar-refractivity contribution in [2.24, 2.45) is 0 Å². The third-order valence-electron chi connectivity index (χ3n) is 4.51. The number of fused-ring (bicyclic) bond motifs is 1. The van der Waals surface area contributed by atoms with E-state index in [1.165, 1.54) is 23.0 Å². The Morgan fingerprint density at radius 1 is 1.13 bits per heavy atom. The molecule has 2 aromatic carbocycles. The molecule has 0 atom stereocenters. The molecule has 3 rings (SSSR count). The van der Waals surface area contributed by atoms with Crippen molar-refractivity contribution in [3.63, 3.8) is 0 Å². The quantitative estimate of drug-likeness (QED) is 0.331. The number of thiazole rings is 1. The zero-order valence-corrected chi connectivity index (χ0v) is 18.8. The summed E-state index contributed by atoms with van der Waals surface area (Å²) in [6, 6.07) is 9.87. The summed E-state index contributed by atoms with van der Waals surface area (Å²) in [6.07, 6.45) is 5.34. The Bertz CT molecular complexity index is 1060. The van der Waals surface area contributed by atoms with Crippen LogP contribution in [0.3, 0.4) is 0 Å². The summed E-state index contributed by atoms with van der Waals surface area (Å²) in [7, 11) is 0. The number of carbonyl (C=O) groups excluding carboxylic acids is 1. The Kier molecular flexibility index (Phi) is 7.46. The summed E-state index contributed by atoms with van der Waals surface area (Å²) in [5, 5.41) is 3.46. The largest absolute Gasteiger partial charge is 0.490 e. The molecule has 30 heavy (non-hydrogen) atoms. The fraction of sp³-hybridized carbons (Fsp3) is 0.333. The van der Waals surface area contributed by atoms with Crippen molar-refractivity contribution in [2.45, 2.75) is 40.5 Å². The van der Waals surface area contributed by atoms with Crippen molar-refractivity contribution in [2.75, 3.05) is 18.5 Å². The van der Waals surface area contributed by atoms with Gasteiger partial charge in [-0.05, 0) is 68.2 Å². The summed E-state index contributed by atoms with van der Waals surface area (Å²) in [5.74, 6) is 1.20. The Balaban J connectivity index is 1.69. The van der Waals surface area contributed by atoms with E-state index in [1.54, 1.807) is 6.08 Å². The van der Waals surface area contributed by atoms with Crippen LogP contribution in [0.1, 0.15) is 43.4 Å². The van der Waals surface area contributed by atoms with Gasteiger partial charge in [0, 0.05) is 6.08 Å². The van der Waals surface area contributed by atoms with Crippen molar-refractivity contribution in [1.82, 2.24) is 4.98 Å². The SMILES string of the molecule is CCCCOc1ccc(/C=C/C(=O)Nc2nc3c(C)cc(C)cc3s2)cc1OCC. The molecule has 0 aliphatic heterocycles. The Morgan fingerprint density at radius 3 is 2.73 bits per heavy atom. The lowest BCUT2D eigenvalue weighted by molar-refractivity contribution is -0.111. The van der Waals surface area contributed by atoms with Gasteiger partial charge in [0.05, 0.1) is 23.4 Å². The number of carbonyl (C=O) groups is 1. The van der Waals surface area contributed by atoms with Crippen molar-refractivity contribution < 1.29 is 14.3 Å². The smallest absolute Gasteiger partial charge is 0.250 e. The molecule has 1 aromatic heterocycles. The number of aryl methyl sites for hydroxylation is 2. The summed E-state index contributed by atoms with van der Waals surface area (Å²) in [5.41, 5.74) is 4.10. The summed E-state index contributed by atoms with van der Waals surface area (Å²) in [6.45, 7) is 9.37. The molecule has 0 saturated heterocycles. The molecule has 0 aliphatic rings. The minimum absolute atomic E-state index is 0.218. The van der Waals surface area contributed by atoms with Crippen molar-refractivity contribution in [3.8, 4) is 11.5 Å². The maximum atomic E-state index is 12.4. The minimum atomic E-state index is -0.218. The fourth-order valence-electron chi connectivity index (χ4n) is 3.09. The summed E-state index contributed by atoms with van der Waals surface area (Å²) < 4.78 is 12.6. The Labute approximate surface area is 181 Å².